The summed E-state index contributed by atoms with van der Waals surface area (Å²) in [6, 6.07) is 11.8. The molecule has 1 N–H and O–H groups in total. The molecule has 184 valence electrons. The number of benzene rings is 1. The van der Waals surface area contributed by atoms with Crippen LogP contribution in [0.2, 0.25) is 5.02 Å². The summed E-state index contributed by atoms with van der Waals surface area (Å²) >= 11 is 7.77. The van der Waals surface area contributed by atoms with Gasteiger partial charge in [-0.3, -0.25) is 0 Å². The molecular weight excluding hydrogens is 523 g/mol. The van der Waals surface area contributed by atoms with E-state index in [9.17, 15) is 26.7 Å². The molecule has 0 saturated heterocycles. The molecule has 1 aromatic carbocycles. The van der Waals surface area contributed by atoms with Gasteiger partial charge in [-0.2, -0.15) is 18.3 Å². The Hall–Kier alpha value is -2.73. The first kappa shape index (κ1) is 25.4. The molecule has 0 spiro atoms. The van der Waals surface area contributed by atoms with Gasteiger partial charge in [-0.15, -0.1) is 11.3 Å². The van der Waals surface area contributed by atoms with Crippen molar-refractivity contribution in [3.63, 3.8) is 0 Å². The summed E-state index contributed by atoms with van der Waals surface area (Å²) in [6.07, 6.45) is -2.39. The van der Waals surface area contributed by atoms with Gasteiger partial charge in [-0.05, 0) is 55.8 Å². The number of hydrogen-bond donors (Lipinski definition) is 1. The van der Waals surface area contributed by atoms with Gasteiger partial charge in [0.25, 0.3) is 0 Å². The number of pyridine rings is 1. The maximum atomic E-state index is 13.8. The summed E-state index contributed by atoms with van der Waals surface area (Å²) < 4.78 is 66.2. The predicted octanol–water partition coefficient (Wildman–Crippen LogP) is 5.97. The minimum Gasteiger partial charge on any atom is -0.384 e. The second kappa shape index (κ2) is 8.74. The second-order valence-corrected chi connectivity index (χ2v) is 11.8. The molecule has 35 heavy (non-hydrogen) atoms. The fourth-order valence-corrected chi connectivity index (χ4v) is 5.66. The smallest absolute Gasteiger partial charge is 0.384 e. The number of hydrogen-bond acceptors (Lipinski definition) is 6. The third-order valence-corrected chi connectivity index (χ3v) is 7.70. The summed E-state index contributed by atoms with van der Waals surface area (Å²) in [4.78, 5) is 5.18. The van der Waals surface area contributed by atoms with E-state index < -0.39 is 33.0 Å². The zero-order valence-corrected chi connectivity index (χ0v) is 21.0. The van der Waals surface area contributed by atoms with Crippen LogP contribution in [0.5, 0.6) is 0 Å². The second-order valence-electron chi connectivity index (χ2n) is 8.32. The van der Waals surface area contributed by atoms with Gasteiger partial charge in [0.2, 0.25) is 0 Å². The van der Waals surface area contributed by atoms with E-state index in [1.54, 1.807) is 24.3 Å². The number of halogens is 4. The molecule has 3 heterocycles. The van der Waals surface area contributed by atoms with Gasteiger partial charge in [-0.1, -0.05) is 23.7 Å². The van der Waals surface area contributed by atoms with Crippen molar-refractivity contribution in [3.05, 3.63) is 71.0 Å². The van der Waals surface area contributed by atoms with Gasteiger partial charge >= 0.3 is 6.18 Å². The third kappa shape index (κ3) is 4.99. The molecule has 0 aliphatic rings. The van der Waals surface area contributed by atoms with Crippen LogP contribution in [0.25, 0.3) is 26.8 Å². The SMILES string of the molecule is CC(C)(O)c1nn(-c2ncccc2C(F)(F)F)c(-c2ccc(-c3cccc(S(C)(=O)=O)c3)s2)c1Cl. The Labute approximate surface area is 208 Å². The zero-order valence-electron chi connectivity index (χ0n) is 18.6. The Kier molecular flexibility index (Phi) is 6.33. The van der Waals surface area contributed by atoms with Gasteiger partial charge in [0, 0.05) is 17.3 Å². The number of aliphatic hydroxyl groups is 1. The monoisotopic (exact) mass is 541 g/mol. The summed E-state index contributed by atoms with van der Waals surface area (Å²) in [5, 5.41) is 14.8. The molecular formula is C23H19ClF3N3O3S2. The lowest BCUT2D eigenvalue weighted by atomic mass is 10.1. The van der Waals surface area contributed by atoms with Crippen LogP contribution in [-0.2, 0) is 21.6 Å². The molecule has 0 unspecified atom stereocenters. The van der Waals surface area contributed by atoms with E-state index >= 15 is 0 Å². The van der Waals surface area contributed by atoms with Crippen molar-refractivity contribution in [2.45, 2.75) is 30.5 Å². The first-order valence-electron chi connectivity index (χ1n) is 10.1. The molecule has 0 amide bonds. The molecule has 0 atom stereocenters. The van der Waals surface area contributed by atoms with E-state index in [4.69, 9.17) is 11.6 Å². The Morgan fingerprint density at radius 2 is 1.74 bits per heavy atom. The van der Waals surface area contributed by atoms with E-state index in [2.05, 4.69) is 10.1 Å². The summed E-state index contributed by atoms with van der Waals surface area (Å²) in [6.45, 7) is 2.85. The van der Waals surface area contributed by atoms with Crippen LogP contribution in [0.15, 0.2) is 59.6 Å². The fourth-order valence-electron chi connectivity index (χ4n) is 3.44. The molecule has 0 bridgehead atoms. The lowest BCUT2D eigenvalue weighted by Gasteiger charge is -2.14. The van der Waals surface area contributed by atoms with Crippen LogP contribution in [0.4, 0.5) is 13.2 Å². The topological polar surface area (TPSA) is 85.1 Å². The first-order chi connectivity index (χ1) is 16.2. The minimum atomic E-state index is -4.71. The van der Waals surface area contributed by atoms with Gasteiger partial charge in [0.1, 0.15) is 22.6 Å². The minimum absolute atomic E-state index is 0.0121. The third-order valence-electron chi connectivity index (χ3n) is 5.09. The van der Waals surface area contributed by atoms with Crippen molar-refractivity contribution >= 4 is 32.8 Å². The maximum absolute atomic E-state index is 13.8. The lowest BCUT2D eigenvalue weighted by Crippen LogP contribution is -2.18. The predicted molar refractivity (Wildman–Crippen MR) is 128 cm³/mol. The highest BCUT2D eigenvalue weighted by Crippen LogP contribution is 2.43. The normalized spacial score (nSPS) is 12.8. The van der Waals surface area contributed by atoms with Crippen LogP contribution >= 0.6 is 22.9 Å². The van der Waals surface area contributed by atoms with Crippen LogP contribution in [0.1, 0.15) is 25.1 Å². The molecule has 0 saturated carbocycles. The highest BCUT2D eigenvalue weighted by Gasteiger charge is 2.37. The quantitative estimate of drug-likeness (QED) is 0.337. The van der Waals surface area contributed by atoms with Crippen molar-refractivity contribution < 1.29 is 26.7 Å². The average Bonchev–Trinajstić information content (AvgIpc) is 3.37. The lowest BCUT2D eigenvalue weighted by molar-refractivity contribution is -0.137. The van der Waals surface area contributed by atoms with Crippen molar-refractivity contribution in [1.82, 2.24) is 14.8 Å². The number of aromatic nitrogens is 3. The number of alkyl halides is 3. The molecule has 3 aromatic heterocycles. The van der Waals surface area contributed by atoms with Crippen LogP contribution < -0.4 is 0 Å². The molecule has 4 aromatic rings. The van der Waals surface area contributed by atoms with Gasteiger partial charge in [-0.25, -0.2) is 18.1 Å². The Morgan fingerprint density at radius 1 is 1.06 bits per heavy atom. The highest BCUT2D eigenvalue weighted by atomic mass is 35.5. The zero-order chi connectivity index (χ0) is 25.8. The molecule has 0 radical (unpaired) electrons. The summed E-state index contributed by atoms with van der Waals surface area (Å²) in [5.74, 6) is -0.485. The van der Waals surface area contributed by atoms with E-state index in [1.807, 2.05) is 0 Å². The van der Waals surface area contributed by atoms with Crippen LogP contribution in [0.3, 0.4) is 0 Å². The van der Waals surface area contributed by atoms with E-state index in [-0.39, 0.29) is 21.3 Å². The Morgan fingerprint density at radius 3 is 2.37 bits per heavy atom. The van der Waals surface area contributed by atoms with Crippen molar-refractivity contribution in [2.24, 2.45) is 0 Å². The summed E-state index contributed by atoms with van der Waals surface area (Å²) in [7, 11) is -3.43. The molecule has 0 aliphatic carbocycles. The van der Waals surface area contributed by atoms with Crippen molar-refractivity contribution in [2.75, 3.05) is 6.26 Å². The summed E-state index contributed by atoms with van der Waals surface area (Å²) in [5.41, 5.74) is -1.83. The van der Waals surface area contributed by atoms with Crippen molar-refractivity contribution in [1.29, 1.82) is 0 Å². The van der Waals surface area contributed by atoms with Gasteiger partial charge < -0.3 is 5.11 Å². The Balaban J connectivity index is 1.94. The van der Waals surface area contributed by atoms with E-state index in [0.717, 1.165) is 17.0 Å². The highest BCUT2D eigenvalue weighted by molar-refractivity contribution is 7.90. The van der Waals surface area contributed by atoms with Crippen LogP contribution in [-0.4, -0.2) is 34.5 Å². The number of thiophene rings is 1. The van der Waals surface area contributed by atoms with Gasteiger partial charge in [0.05, 0.1) is 14.8 Å². The molecule has 6 nitrogen and oxygen atoms in total. The van der Waals surface area contributed by atoms with Crippen LogP contribution in [0, 0.1) is 0 Å². The fraction of sp³-hybridized carbons (Fsp3) is 0.217. The molecule has 0 fully saturated rings. The largest absolute Gasteiger partial charge is 0.420 e. The number of nitrogens with zero attached hydrogens (tertiary/aromatic N) is 3. The number of rotatable bonds is 5. The molecule has 0 aliphatic heterocycles. The molecule has 4 rings (SSSR count). The maximum Gasteiger partial charge on any atom is 0.420 e. The standard InChI is InChI=1S/C23H19ClF3N3O3S2/c1-22(2,31)20-18(24)19(30(29-20)21-15(23(25,26)27)8-5-11-28-21)17-10-9-16(34-17)13-6-4-7-14(12-13)35(3,32)33/h4-12,31H,1-3H3. The van der Waals surface area contributed by atoms with Crippen molar-refractivity contribution in [3.8, 4) is 26.8 Å². The van der Waals surface area contributed by atoms with E-state index in [1.165, 1.54) is 49.6 Å². The first-order valence-corrected chi connectivity index (χ1v) is 13.2. The molecule has 12 heteroatoms. The Bertz CT molecular complexity index is 1520. The number of sulfone groups is 1. The van der Waals surface area contributed by atoms with E-state index in [0.29, 0.717) is 15.3 Å². The average molecular weight is 542 g/mol. The van der Waals surface area contributed by atoms with Gasteiger partial charge in [0.15, 0.2) is 15.7 Å².